The second-order valence-corrected chi connectivity index (χ2v) is 4.93. The van der Waals surface area contributed by atoms with Gasteiger partial charge in [0.25, 0.3) is 0 Å². The monoisotopic (exact) mass is 219 g/mol. The SMILES string of the molecule is Cc1ccc(S(=O)n2cccc2)cc1C. The molecule has 2 nitrogen and oxygen atoms in total. The lowest BCUT2D eigenvalue weighted by Gasteiger charge is -2.05. The number of hydrogen-bond acceptors (Lipinski definition) is 1. The third-order valence-corrected chi connectivity index (χ3v) is 3.73. The Morgan fingerprint density at radius 1 is 1.07 bits per heavy atom. The zero-order valence-corrected chi connectivity index (χ0v) is 9.62. The zero-order chi connectivity index (χ0) is 10.8. The molecular weight excluding hydrogens is 206 g/mol. The summed E-state index contributed by atoms with van der Waals surface area (Å²) in [5, 5.41) is 0. The molecule has 15 heavy (non-hydrogen) atoms. The third kappa shape index (κ3) is 2.02. The minimum absolute atomic E-state index is 0.842. The van der Waals surface area contributed by atoms with E-state index in [4.69, 9.17) is 0 Å². The van der Waals surface area contributed by atoms with Gasteiger partial charge in [-0.2, -0.15) is 0 Å². The molecule has 1 aromatic carbocycles. The molecule has 3 heteroatoms. The van der Waals surface area contributed by atoms with Crippen LogP contribution in [-0.2, 0) is 11.0 Å². The van der Waals surface area contributed by atoms with Gasteiger partial charge in [0.2, 0.25) is 0 Å². The Morgan fingerprint density at radius 2 is 1.73 bits per heavy atom. The van der Waals surface area contributed by atoms with Gasteiger partial charge in [0, 0.05) is 12.4 Å². The highest BCUT2D eigenvalue weighted by atomic mass is 32.2. The minimum atomic E-state index is -1.12. The van der Waals surface area contributed by atoms with E-state index in [9.17, 15) is 4.21 Å². The first-order valence-electron chi connectivity index (χ1n) is 4.81. The van der Waals surface area contributed by atoms with Crippen molar-refractivity contribution in [3.8, 4) is 0 Å². The predicted molar refractivity (Wildman–Crippen MR) is 62.2 cm³/mol. The lowest BCUT2D eigenvalue weighted by atomic mass is 10.1. The van der Waals surface area contributed by atoms with E-state index in [0.717, 1.165) is 4.90 Å². The Kier molecular flexibility index (Phi) is 2.73. The van der Waals surface area contributed by atoms with Crippen molar-refractivity contribution in [1.82, 2.24) is 3.97 Å². The third-order valence-electron chi connectivity index (χ3n) is 2.45. The summed E-state index contributed by atoms with van der Waals surface area (Å²) in [6.07, 6.45) is 3.62. The molecule has 0 spiro atoms. The molecule has 2 rings (SSSR count). The number of aryl methyl sites for hydroxylation is 2. The van der Waals surface area contributed by atoms with E-state index in [1.807, 2.05) is 49.6 Å². The molecule has 0 bridgehead atoms. The van der Waals surface area contributed by atoms with Crippen LogP contribution in [0.4, 0.5) is 0 Å². The summed E-state index contributed by atoms with van der Waals surface area (Å²) in [6, 6.07) is 9.65. The largest absolute Gasteiger partial charge is 0.271 e. The Bertz CT molecular complexity index is 488. The van der Waals surface area contributed by atoms with E-state index in [-0.39, 0.29) is 0 Å². The van der Waals surface area contributed by atoms with Crippen molar-refractivity contribution in [2.45, 2.75) is 18.7 Å². The predicted octanol–water partition coefficient (Wildman–Crippen LogP) is 2.68. The fraction of sp³-hybridized carbons (Fsp3) is 0.167. The van der Waals surface area contributed by atoms with Crippen molar-refractivity contribution < 1.29 is 4.21 Å². The van der Waals surface area contributed by atoms with Gasteiger partial charge in [0.15, 0.2) is 11.0 Å². The summed E-state index contributed by atoms with van der Waals surface area (Å²) < 4.78 is 13.7. The van der Waals surface area contributed by atoms with Gasteiger partial charge in [-0.25, -0.2) is 4.21 Å². The molecule has 0 aliphatic rings. The fourth-order valence-corrected chi connectivity index (χ4v) is 2.44. The molecule has 0 N–H and O–H groups in total. The van der Waals surface area contributed by atoms with Crippen molar-refractivity contribution in [2.24, 2.45) is 0 Å². The first-order chi connectivity index (χ1) is 7.18. The molecule has 1 unspecified atom stereocenters. The molecule has 0 aliphatic carbocycles. The number of benzene rings is 1. The molecule has 0 saturated heterocycles. The van der Waals surface area contributed by atoms with Gasteiger partial charge < -0.3 is 0 Å². The molecule has 0 fully saturated rings. The van der Waals surface area contributed by atoms with Crippen LogP contribution in [0, 0.1) is 13.8 Å². The second kappa shape index (κ2) is 4.03. The summed E-state index contributed by atoms with van der Waals surface area (Å²) in [5.74, 6) is 0. The summed E-state index contributed by atoms with van der Waals surface area (Å²) in [7, 11) is -1.12. The van der Waals surface area contributed by atoms with Crippen LogP contribution in [0.25, 0.3) is 0 Å². The normalized spacial score (nSPS) is 12.7. The Morgan fingerprint density at radius 3 is 2.33 bits per heavy atom. The molecule has 1 atom stereocenters. The van der Waals surface area contributed by atoms with Gasteiger partial charge in [-0.3, -0.25) is 3.97 Å². The van der Waals surface area contributed by atoms with Crippen LogP contribution in [-0.4, -0.2) is 8.18 Å². The Balaban J connectivity index is 2.39. The van der Waals surface area contributed by atoms with Crippen LogP contribution in [0.3, 0.4) is 0 Å². The number of nitrogens with zero attached hydrogens (tertiary/aromatic N) is 1. The maximum Gasteiger partial charge on any atom is 0.156 e. The maximum absolute atomic E-state index is 12.0. The number of rotatable bonds is 2. The summed E-state index contributed by atoms with van der Waals surface area (Å²) >= 11 is 0. The average Bonchev–Trinajstić information content (AvgIpc) is 2.74. The van der Waals surface area contributed by atoms with Crippen LogP contribution < -0.4 is 0 Å². The summed E-state index contributed by atoms with van der Waals surface area (Å²) in [5.41, 5.74) is 2.40. The van der Waals surface area contributed by atoms with Crippen LogP contribution in [0.15, 0.2) is 47.6 Å². The van der Waals surface area contributed by atoms with Crippen LogP contribution in [0.5, 0.6) is 0 Å². The first-order valence-corrected chi connectivity index (χ1v) is 5.91. The lowest BCUT2D eigenvalue weighted by molar-refractivity contribution is 0.677. The van der Waals surface area contributed by atoms with Crippen molar-refractivity contribution in [3.05, 3.63) is 53.9 Å². The zero-order valence-electron chi connectivity index (χ0n) is 8.81. The van der Waals surface area contributed by atoms with Gasteiger partial charge in [0.05, 0.1) is 4.90 Å². The topological polar surface area (TPSA) is 22.0 Å². The molecule has 0 aliphatic heterocycles. The molecule has 78 valence electrons. The highest BCUT2D eigenvalue weighted by molar-refractivity contribution is 7.83. The summed E-state index contributed by atoms with van der Waals surface area (Å²) in [6.45, 7) is 4.09. The van der Waals surface area contributed by atoms with Crippen LogP contribution >= 0.6 is 0 Å². The van der Waals surface area contributed by atoms with Crippen LogP contribution in [0.2, 0.25) is 0 Å². The number of aromatic nitrogens is 1. The van der Waals surface area contributed by atoms with Gasteiger partial charge >= 0.3 is 0 Å². The average molecular weight is 219 g/mol. The minimum Gasteiger partial charge on any atom is -0.271 e. The highest BCUT2D eigenvalue weighted by Gasteiger charge is 2.05. The van der Waals surface area contributed by atoms with Crippen molar-refractivity contribution in [1.29, 1.82) is 0 Å². The Hall–Kier alpha value is -1.35. The van der Waals surface area contributed by atoms with Crippen molar-refractivity contribution >= 4 is 11.0 Å². The van der Waals surface area contributed by atoms with Gasteiger partial charge in [0.1, 0.15) is 0 Å². The van der Waals surface area contributed by atoms with Gasteiger partial charge in [-0.05, 0) is 49.2 Å². The van der Waals surface area contributed by atoms with Crippen molar-refractivity contribution in [2.75, 3.05) is 0 Å². The summed E-state index contributed by atoms with van der Waals surface area (Å²) in [4.78, 5) is 0.842. The van der Waals surface area contributed by atoms with E-state index >= 15 is 0 Å². The molecule has 1 aromatic heterocycles. The van der Waals surface area contributed by atoms with E-state index in [1.54, 1.807) is 3.97 Å². The molecule has 0 radical (unpaired) electrons. The van der Waals surface area contributed by atoms with E-state index in [0.29, 0.717) is 0 Å². The standard InChI is InChI=1S/C12H13NOS/c1-10-5-6-12(9-11(10)2)15(14)13-7-3-4-8-13/h3-9H,1-2H3. The first kappa shape index (κ1) is 10.2. The molecule has 2 aromatic rings. The maximum atomic E-state index is 12.0. The van der Waals surface area contributed by atoms with E-state index in [1.165, 1.54) is 11.1 Å². The van der Waals surface area contributed by atoms with Crippen LogP contribution in [0.1, 0.15) is 11.1 Å². The van der Waals surface area contributed by atoms with E-state index < -0.39 is 11.0 Å². The molecule has 1 heterocycles. The number of hydrogen-bond donors (Lipinski definition) is 0. The quantitative estimate of drug-likeness (QED) is 0.761. The molecule has 0 amide bonds. The molecule has 0 saturated carbocycles. The van der Waals surface area contributed by atoms with Crippen molar-refractivity contribution in [3.63, 3.8) is 0 Å². The van der Waals surface area contributed by atoms with Gasteiger partial charge in [-0.1, -0.05) is 6.07 Å². The smallest absolute Gasteiger partial charge is 0.156 e. The fourth-order valence-electron chi connectivity index (χ4n) is 1.37. The highest BCUT2D eigenvalue weighted by Crippen LogP contribution is 2.14. The second-order valence-electron chi connectivity index (χ2n) is 3.54. The molecular formula is C12H13NOS. The Labute approximate surface area is 92.1 Å². The van der Waals surface area contributed by atoms with E-state index in [2.05, 4.69) is 6.92 Å². The lowest BCUT2D eigenvalue weighted by Crippen LogP contribution is -2.02. The van der Waals surface area contributed by atoms with Gasteiger partial charge in [-0.15, -0.1) is 0 Å².